The van der Waals surface area contributed by atoms with Gasteiger partial charge in [0.15, 0.2) is 0 Å². The molecule has 0 aliphatic carbocycles. The lowest BCUT2D eigenvalue weighted by Crippen LogP contribution is -2.19. The number of nitrogens with two attached hydrogens (primary N) is 1. The van der Waals surface area contributed by atoms with Crippen LogP contribution in [0.2, 0.25) is 5.02 Å². The smallest absolute Gasteiger partial charge is 0.246 e. The van der Waals surface area contributed by atoms with Gasteiger partial charge in [0.05, 0.1) is 5.69 Å². The SMILES string of the molecule is Nc1nc(N2CCCC2)nn1-c1ccc(Cl)cc1. The third-order valence-electron chi connectivity index (χ3n) is 3.08. The third kappa shape index (κ3) is 2.01. The highest BCUT2D eigenvalue weighted by Gasteiger charge is 2.18. The third-order valence-corrected chi connectivity index (χ3v) is 3.33. The predicted octanol–water partition coefficient (Wildman–Crippen LogP) is 2.10. The summed E-state index contributed by atoms with van der Waals surface area (Å²) >= 11 is 5.86. The van der Waals surface area contributed by atoms with Crippen LogP contribution in [0.4, 0.5) is 11.9 Å². The molecule has 2 N–H and O–H groups in total. The molecule has 0 radical (unpaired) electrons. The van der Waals surface area contributed by atoms with Gasteiger partial charge in [-0.05, 0) is 37.1 Å². The van der Waals surface area contributed by atoms with Crippen molar-refractivity contribution in [1.82, 2.24) is 14.8 Å². The summed E-state index contributed by atoms with van der Waals surface area (Å²) in [6.07, 6.45) is 2.38. The number of halogens is 1. The quantitative estimate of drug-likeness (QED) is 0.901. The van der Waals surface area contributed by atoms with E-state index in [1.807, 2.05) is 24.3 Å². The first-order chi connectivity index (χ1) is 8.74. The van der Waals surface area contributed by atoms with Gasteiger partial charge in [0.2, 0.25) is 11.9 Å². The first kappa shape index (κ1) is 11.3. The molecule has 1 aromatic carbocycles. The number of hydrogen-bond acceptors (Lipinski definition) is 4. The fourth-order valence-corrected chi connectivity index (χ4v) is 2.26. The van der Waals surface area contributed by atoms with Crippen LogP contribution in [0.5, 0.6) is 0 Å². The van der Waals surface area contributed by atoms with Crippen LogP contribution in [0, 0.1) is 0 Å². The van der Waals surface area contributed by atoms with E-state index in [-0.39, 0.29) is 0 Å². The molecule has 0 unspecified atom stereocenters. The van der Waals surface area contributed by atoms with E-state index in [9.17, 15) is 0 Å². The fourth-order valence-electron chi connectivity index (χ4n) is 2.14. The van der Waals surface area contributed by atoms with Crippen LogP contribution in [-0.4, -0.2) is 27.9 Å². The molecule has 3 rings (SSSR count). The standard InChI is InChI=1S/C12H14ClN5/c13-9-3-5-10(6-4-9)18-11(14)15-12(16-18)17-7-1-2-8-17/h3-6H,1-2,7-8H2,(H2,14,15,16). The van der Waals surface area contributed by atoms with Crippen molar-refractivity contribution in [1.29, 1.82) is 0 Å². The van der Waals surface area contributed by atoms with Gasteiger partial charge in [-0.2, -0.15) is 9.67 Å². The molecule has 6 heteroatoms. The highest BCUT2D eigenvalue weighted by Crippen LogP contribution is 2.20. The van der Waals surface area contributed by atoms with Crippen molar-refractivity contribution in [2.24, 2.45) is 0 Å². The van der Waals surface area contributed by atoms with E-state index in [0.717, 1.165) is 18.8 Å². The minimum Gasteiger partial charge on any atom is -0.368 e. The second-order valence-corrected chi connectivity index (χ2v) is 4.79. The monoisotopic (exact) mass is 263 g/mol. The van der Waals surface area contributed by atoms with Crippen molar-refractivity contribution in [3.63, 3.8) is 0 Å². The summed E-state index contributed by atoms with van der Waals surface area (Å²) in [5, 5.41) is 5.15. The summed E-state index contributed by atoms with van der Waals surface area (Å²) in [5.74, 6) is 1.11. The number of rotatable bonds is 2. The van der Waals surface area contributed by atoms with Gasteiger partial charge < -0.3 is 10.6 Å². The molecule has 0 spiro atoms. The molecular weight excluding hydrogens is 250 g/mol. The molecule has 5 nitrogen and oxygen atoms in total. The second-order valence-electron chi connectivity index (χ2n) is 4.35. The van der Waals surface area contributed by atoms with Crippen LogP contribution in [0.15, 0.2) is 24.3 Å². The Labute approximate surface area is 110 Å². The average molecular weight is 264 g/mol. The minimum atomic E-state index is 0.402. The number of aromatic nitrogens is 3. The van der Waals surface area contributed by atoms with Crippen LogP contribution in [-0.2, 0) is 0 Å². The highest BCUT2D eigenvalue weighted by molar-refractivity contribution is 6.30. The van der Waals surface area contributed by atoms with E-state index in [1.54, 1.807) is 4.68 Å². The summed E-state index contributed by atoms with van der Waals surface area (Å²) in [6, 6.07) is 7.38. The van der Waals surface area contributed by atoms with Gasteiger partial charge in [-0.15, -0.1) is 5.10 Å². The first-order valence-electron chi connectivity index (χ1n) is 5.97. The Balaban J connectivity index is 1.94. The van der Waals surface area contributed by atoms with E-state index >= 15 is 0 Å². The van der Waals surface area contributed by atoms with E-state index < -0.39 is 0 Å². The fraction of sp³-hybridized carbons (Fsp3) is 0.333. The number of nitrogen functional groups attached to an aromatic ring is 1. The molecule has 0 bridgehead atoms. The first-order valence-corrected chi connectivity index (χ1v) is 6.35. The number of nitrogens with zero attached hydrogens (tertiary/aromatic N) is 4. The molecule has 0 saturated carbocycles. The molecule has 1 saturated heterocycles. The van der Waals surface area contributed by atoms with Crippen molar-refractivity contribution in [3.8, 4) is 5.69 Å². The Morgan fingerprint density at radius 2 is 1.78 bits per heavy atom. The van der Waals surface area contributed by atoms with Gasteiger partial charge in [-0.25, -0.2) is 0 Å². The molecular formula is C12H14ClN5. The van der Waals surface area contributed by atoms with Crippen LogP contribution in [0.1, 0.15) is 12.8 Å². The topological polar surface area (TPSA) is 60.0 Å². The maximum Gasteiger partial charge on any atom is 0.246 e. The lowest BCUT2D eigenvalue weighted by atomic mass is 10.3. The van der Waals surface area contributed by atoms with Crippen molar-refractivity contribution >= 4 is 23.5 Å². The van der Waals surface area contributed by atoms with Gasteiger partial charge in [-0.1, -0.05) is 11.6 Å². The summed E-state index contributed by atoms with van der Waals surface area (Å²) in [6.45, 7) is 2.01. The minimum absolute atomic E-state index is 0.402. The Morgan fingerprint density at radius 3 is 2.44 bits per heavy atom. The lowest BCUT2D eigenvalue weighted by Gasteiger charge is -2.10. The van der Waals surface area contributed by atoms with Crippen LogP contribution in [0.3, 0.4) is 0 Å². The summed E-state index contributed by atoms with van der Waals surface area (Å²) < 4.78 is 1.64. The Hall–Kier alpha value is -1.75. The van der Waals surface area contributed by atoms with Crippen molar-refractivity contribution in [3.05, 3.63) is 29.3 Å². The molecule has 2 aromatic rings. The van der Waals surface area contributed by atoms with Gasteiger partial charge in [0, 0.05) is 18.1 Å². The zero-order valence-corrected chi connectivity index (χ0v) is 10.6. The van der Waals surface area contributed by atoms with Gasteiger partial charge in [0.25, 0.3) is 0 Å². The van der Waals surface area contributed by atoms with Gasteiger partial charge in [-0.3, -0.25) is 0 Å². The highest BCUT2D eigenvalue weighted by atomic mass is 35.5. The molecule has 1 aliphatic heterocycles. The van der Waals surface area contributed by atoms with Crippen molar-refractivity contribution in [2.45, 2.75) is 12.8 Å². The van der Waals surface area contributed by atoms with E-state index in [2.05, 4.69) is 15.0 Å². The van der Waals surface area contributed by atoms with Gasteiger partial charge >= 0.3 is 0 Å². The molecule has 94 valence electrons. The maximum atomic E-state index is 5.91. The van der Waals surface area contributed by atoms with Crippen molar-refractivity contribution < 1.29 is 0 Å². The zero-order chi connectivity index (χ0) is 12.5. The van der Waals surface area contributed by atoms with Crippen LogP contribution >= 0.6 is 11.6 Å². The van der Waals surface area contributed by atoms with Crippen LogP contribution < -0.4 is 10.6 Å². The Morgan fingerprint density at radius 1 is 1.11 bits per heavy atom. The molecule has 18 heavy (non-hydrogen) atoms. The van der Waals surface area contributed by atoms with E-state index in [4.69, 9.17) is 17.3 Å². The Kier molecular flexibility index (Phi) is 2.83. The largest absolute Gasteiger partial charge is 0.368 e. The Bertz CT molecular complexity index is 542. The number of hydrogen-bond donors (Lipinski definition) is 1. The molecule has 2 heterocycles. The van der Waals surface area contributed by atoms with Gasteiger partial charge in [0.1, 0.15) is 0 Å². The van der Waals surface area contributed by atoms with E-state index in [0.29, 0.717) is 16.9 Å². The number of anilines is 2. The number of benzene rings is 1. The zero-order valence-electron chi connectivity index (χ0n) is 9.88. The second kappa shape index (κ2) is 4.49. The molecule has 0 atom stereocenters. The maximum absolute atomic E-state index is 5.91. The molecule has 1 aliphatic rings. The molecule has 0 amide bonds. The summed E-state index contributed by atoms with van der Waals surface area (Å²) in [4.78, 5) is 6.47. The molecule has 1 fully saturated rings. The molecule has 1 aromatic heterocycles. The summed E-state index contributed by atoms with van der Waals surface area (Å²) in [7, 11) is 0. The van der Waals surface area contributed by atoms with Crippen molar-refractivity contribution in [2.75, 3.05) is 23.7 Å². The van der Waals surface area contributed by atoms with E-state index in [1.165, 1.54) is 12.8 Å². The summed E-state index contributed by atoms with van der Waals surface area (Å²) in [5.41, 5.74) is 6.78. The average Bonchev–Trinajstić information content (AvgIpc) is 2.99. The lowest BCUT2D eigenvalue weighted by molar-refractivity contribution is 0.847. The van der Waals surface area contributed by atoms with Crippen LogP contribution in [0.25, 0.3) is 5.69 Å². The predicted molar refractivity (Wildman–Crippen MR) is 72.2 cm³/mol. The normalized spacial score (nSPS) is 15.3.